The van der Waals surface area contributed by atoms with Gasteiger partial charge in [-0.2, -0.15) is 0 Å². The van der Waals surface area contributed by atoms with Crippen LogP contribution in [0.1, 0.15) is 42.7 Å². The van der Waals surface area contributed by atoms with Crippen molar-refractivity contribution in [3.63, 3.8) is 0 Å². The van der Waals surface area contributed by atoms with Crippen LogP contribution in [0.3, 0.4) is 0 Å². The Morgan fingerprint density at radius 2 is 1.74 bits per heavy atom. The number of hydrogen-bond acceptors (Lipinski definition) is 0. The lowest BCUT2D eigenvalue weighted by molar-refractivity contribution is -0.660. The molecule has 0 spiro atoms. The fourth-order valence-corrected chi connectivity index (χ4v) is 3.38. The number of pyridine rings is 1. The lowest BCUT2D eigenvalue weighted by Gasteiger charge is -2.14. The van der Waals surface area contributed by atoms with Gasteiger partial charge in [-0.25, -0.2) is 4.57 Å². The molecule has 0 atom stereocenters. The van der Waals surface area contributed by atoms with Gasteiger partial charge in [0, 0.05) is 17.2 Å². The van der Waals surface area contributed by atoms with Crippen LogP contribution < -0.4 is 4.57 Å². The molecule has 0 amide bonds. The van der Waals surface area contributed by atoms with E-state index in [0.29, 0.717) is 0 Å². The maximum Gasteiger partial charge on any atom is 0.216 e. The van der Waals surface area contributed by atoms with Crippen molar-refractivity contribution in [3.05, 3.63) is 53.7 Å². The van der Waals surface area contributed by atoms with Crippen LogP contribution in [0.4, 0.5) is 0 Å². The minimum absolute atomic E-state index is 0.752. The minimum Gasteiger partial charge on any atom is -0.201 e. The van der Waals surface area contributed by atoms with Gasteiger partial charge in [0.05, 0.1) is 0 Å². The molecule has 1 aliphatic carbocycles. The fraction of sp³-hybridized carbons (Fsp3) is 0.389. The van der Waals surface area contributed by atoms with E-state index in [-0.39, 0.29) is 0 Å². The van der Waals surface area contributed by atoms with E-state index in [1.807, 2.05) is 0 Å². The highest BCUT2D eigenvalue weighted by Gasteiger charge is 2.26. The van der Waals surface area contributed by atoms with Crippen LogP contribution in [0.5, 0.6) is 0 Å². The quantitative estimate of drug-likeness (QED) is 0.707. The standard InChI is InChI=1S/C18H22N/c1-14-8-3-6-11-16(14)18-17(12-7-13-19(18)2)15-9-4-5-10-15/h3,6-8,11-13,15H,4-5,9-10H2,1-2H3/q+1. The van der Waals surface area contributed by atoms with Crippen LogP contribution in [0, 0.1) is 6.92 Å². The second-order valence-corrected chi connectivity index (χ2v) is 5.72. The van der Waals surface area contributed by atoms with Gasteiger partial charge in [-0.15, -0.1) is 0 Å². The summed E-state index contributed by atoms with van der Waals surface area (Å²) in [7, 11) is 2.17. The number of aromatic nitrogens is 1. The zero-order valence-corrected chi connectivity index (χ0v) is 11.9. The molecule has 0 bridgehead atoms. The Balaban J connectivity index is 2.16. The molecule has 0 saturated heterocycles. The molecule has 1 saturated carbocycles. The van der Waals surface area contributed by atoms with Crippen LogP contribution in [0.25, 0.3) is 11.3 Å². The van der Waals surface area contributed by atoms with Gasteiger partial charge in [0.1, 0.15) is 7.05 Å². The summed E-state index contributed by atoms with van der Waals surface area (Å²) in [4.78, 5) is 0. The Morgan fingerprint density at radius 3 is 2.47 bits per heavy atom. The first kappa shape index (κ1) is 12.4. The molecule has 0 aliphatic heterocycles. The molecule has 0 N–H and O–H groups in total. The van der Waals surface area contributed by atoms with E-state index in [1.165, 1.54) is 48.1 Å². The zero-order valence-electron chi connectivity index (χ0n) is 11.9. The highest BCUT2D eigenvalue weighted by Crippen LogP contribution is 2.38. The van der Waals surface area contributed by atoms with E-state index in [4.69, 9.17) is 0 Å². The van der Waals surface area contributed by atoms with Crippen molar-refractivity contribution in [1.29, 1.82) is 0 Å². The van der Waals surface area contributed by atoms with Crippen LogP contribution >= 0.6 is 0 Å². The third-order valence-electron chi connectivity index (χ3n) is 4.41. The number of nitrogens with zero attached hydrogens (tertiary/aromatic N) is 1. The van der Waals surface area contributed by atoms with Crippen LogP contribution in [-0.4, -0.2) is 0 Å². The lowest BCUT2D eigenvalue weighted by Crippen LogP contribution is -2.32. The van der Waals surface area contributed by atoms with Crippen molar-refractivity contribution < 1.29 is 4.57 Å². The second-order valence-electron chi connectivity index (χ2n) is 5.72. The summed E-state index contributed by atoms with van der Waals surface area (Å²) in [5, 5.41) is 0. The van der Waals surface area contributed by atoms with Crippen molar-refractivity contribution in [2.75, 3.05) is 0 Å². The minimum atomic E-state index is 0.752. The topological polar surface area (TPSA) is 3.88 Å². The molecule has 0 radical (unpaired) electrons. The number of hydrogen-bond donors (Lipinski definition) is 0. The SMILES string of the molecule is Cc1ccccc1-c1c(C2CCCC2)ccc[n+]1C. The lowest BCUT2D eigenvalue weighted by atomic mass is 9.91. The maximum atomic E-state index is 2.33. The first-order chi connectivity index (χ1) is 9.27. The predicted molar refractivity (Wildman–Crippen MR) is 79.0 cm³/mol. The third-order valence-corrected chi connectivity index (χ3v) is 4.41. The van der Waals surface area contributed by atoms with Crippen LogP contribution in [0.15, 0.2) is 42.6 Å². The maximum absolute atomic E-state index is 2.33. The monoisotopic (exact) mass is 252 g/mol. The summed E-state index contributed by atoms with van der Waals surface area (Å²) in [6.45, 7) is 2.21. The second kappa shape index (κ2) is 5.16. The molecule has 1 aliphatic rings. The number of rotatable bonds is 2. The Bertz CT molecular complexity index is 580. The summed E-state index contributed by atoms with van der Waals surface area (Å²) >= 11 is 0. The van der Waals surface area contributed by atoms with Crippen molar-refractivity contribution in [3.8, 4) is 11.3 Å². The highest BCUT2D eigenvalue weighted by atomic mass is 14.9. The van der Waals surface area contributed by atoms with E-state index in [1.54, 1.807) is 0 Å². The van der Waals surface area contributed by atoms with E-state index < -0.39 is 0 Å². The molecule has 1 aromatic carbocycles. The Kier molecular flexibility index (Phi) is 3.37. The van der Waals surface area contributed by atoms with Gasteiger partial charge >= 0.3 is 0 Å². The molecule has 1 aromatic heterocycles. The van der Waals surface area contributed by atoms with Crippen molar-refractivity contribution >= 4 is 0 Å². The molecule has 1 fully saturated rings. The van der Waals surface area contributed by atoms with Crippen LogP contribution in [-0.2, 0) is 7.05 Å². The molecule has 1 nitrogen and oxygen atoms in total. The van der Waals surface area contributed by atoms with Crippen molar-refractivity contribution in [1.82, 2.24) is 0 Å². The molecular weight excluding hydrogens is 230 g/mol. The van der Waals surface area contributed by atoms with E-state index in [0.717, 1.165) is 5.92 Å². The molecule has 0 unspecified atom stereocenters. The predicted octanol–water partition coefficient (Wildman–Crippen LogP) is 4.14. The zero-order chi connectivity index (χ0) is 13.2. The van der Waals surface area contributed by atoms with E-state index in [9.17, 15) is 0 Å². The average molecular weight is 252 g/mol. The summed E-state index contributed by atoms with van der Waals surface area (Å²) in [5.41, 5.74) is 5.69. The van der Waals surface area contributed by atoms with Crippen LogP contribution in [0.2, 0.25) is 0 Å². The molecule has 98 valence electrons. The van der Waals surface area contributed by atoms with Gasteiger partial charge in [-0.1, -0.05) is 31.0 Å². The average Bonchev–Trinajstić information content (AvgIpc) is 2.93. The Hall–Kier alpha value is -1.63. The summed E-state index contributed by atoms with van der Waals surface area (Å²) in [6.07, 6.45) is 7.64. The first-order valence-electron chi connectivity index (χ1n) is 7.32. The van der Waals surface area contributed by atoms with E-state index in [2.05, 4.69) is 61.1 Å². The number of benzene rings is 1. The molecule has 1 heteroatoms. The third kappa shape index (κ3) is 2.30. The van der Waals surface area contributed by atoms with Crippen molar-refractivity contribution in [2.45, 2.75) is 38.5 Å². The summed E-state index contributed by atoms with van der Waals surface area (Å²) < 4.78 is 2.29. The first-order valence-corrected chi connectivity index (χ1v) is 7.32. The highest BCUT2D eigenvalue weighted by molar-refractivity contribution is 5.64. The Labute approximate surface area is 115 Å². The largest absolute Gasteiger partial charge is 0.216 e. The smallest absolute Gasteiger partial charge is 0.201 e. The van der Waals surface area contributed by atoms with Gasteiger partial charge in [0.15, 0.2) is 6.20 Å². The molecule has 2 aromatic rings. The van der Waals surface area contributed by atoms with Gasteiger partial charge in [0.25, 0.3) is 0 Å². The fourth-order valence-electron chi connectivity index (χ4n) is 3.38. The summed E-state index contributed by atoms with van der Waals surface area (Å²) in [6, 6.07) is 13.3. The Morgan fingerprint density at radius 1 is 1.00 bits per heavy atom. The summed E-state index contributed by atoms with van der Waals surface area (Å²) in [5.74, 6) is 0.752. The molecule has 3 rings (SSSR count). The van der Waals surface area contributed by atoms with Gasteiger partial charge in [-0.3, -0.25) is 0 Å². The van der Waals surface area contributed by atoms with Crippen molar-refractivity contribution in [2.24, 2.45) is 7.05 Å². The normalized spacial score (nSPS) is 15.9. The molecule has 1 heterocycles. The number of aryl methyl sites for hydroxylation is 2. The molecular formula is C18H22N+. The van der Waals surface area contributed by atoms with Gasteiger partial charge in [0.2, 0.25) is 5.69 Å². The molecule has 19 heavy (non-hydrogen) atoms. The van der Waals surface area contributed by atoms with Gasteiger partial charge in [-0.05, 0) is 43.4 Å². The van der Waals surface area contributed by atoms with E-state index >= 15 is 0 Å². The van der Waals surface area contributed by atoms with Gasteiger partial charge < -0.3 is 0 Å².